The molecule has 0 aliphatic carbocycles. The molecule has 1 aromatic heterocycles. The Labute approximate surface area is 162 Å². The van der Waals surface area contributed by atoms with Crippen LogP contribution in [0.5, 0.6) is 5.75 Å². The summed E-state index contributed by atoms with van der Waals surface area (Å²) in [6.07, 6.45) is 0. The number of aromatic nitrogens is 3. The first-order chi connectivity index (χ1) is 13.1. The smallest absolute Gasteiger partial charge is 0.319 e. The molecule has 0 saturated heterocycles. The van der Waals surface area contributed by atoms with Gasteiger partial charge in [0.25, 0.3) is 0 Å². The first-order valence-corrected chi connectivity index (χ1v) is 8.92. The third-order valence-electron chi connectivity index (χ3n) is 3.80. The maximum Gasteiger partial charge on any atom is 0.319 e. The number of hydrogen-bond acceptors (Lipinski definition) is 4. The van der Waals surface area contributed by atoms with Gasteiger partial charge < -0.3 is 15.4 Å². The van der Waals surface area contributed by atoms with Gasteiger partial charge in [-0.25, -0.2) is 9.78 Å². The van der Waals surface area contributed by atoms with E-state index >= 15 is 0 Å². The van der Waals surface area contributed by atoms with E-state index in [0.29, 0.717) is 34.7 Å². The zero-order valence-electron chi connectivity index (χ0n) is 15.0. The number of carbonyl (C=O) groups excluding carboxylic acids is 1. The molecule has 1 heterocycles. The van der Waals surface area contributed by atoms with E-state index in [1.165, 1.54) is 0 Å². The third kappa shape index (κ3) is 4.77. The predicted molar refractivity (Wildman–Crippen MR) is 105 cm³/mol. The van der Waals surface area contributed by atoms with Crippen molar-refractivity contribution in [1.29, 1.82) is 0 Å². The number of para-hydroxylation sites is 2. The Morgan fingerprint density at radius 1 is 1.22 bits per heavy atom. The summed E-state index contributed by atoms with van der Waals surface area (Å²) in [7, 11) is 0. The van der Waals surface area contributed by atoms with Crippen molar-refractivity contribution in [1.82, 2.24) is 20.5 Å². The lowest BCUT2D eigenvalue weighted by atomic mass is 10.2. The molecule has 1 atom stereocenters. The Kier molecular flexibility index (Phi) is 5.93. The molecule has 2 amide bonds. The number of hydrogen-bond donors (Lipinski definition) is 3. The molecular weight excluding hydrogens is 366 g/mol. The lowest BCUT2D eigenvalue weighted by Gasteiger charge is -2.14. The molecule has 0 spiro atoms. The first kappa shape index (κ1) is 18.7. The van der Waals surface area contributed by atoms with Gasteiger partial charge in [0.15, 0.2) is 5.82 Å². The molecule has 3 N–H and O–H groups in total. The average molecular weight is 386 g/mol. The van der Waals surface area contributed by atoms with Crippen molar-refractivity contribution in [2.24, 2.45) is 0 Å². The van der Waals surface area contributed by atoms with Crippen LogP contribution in [0.15, 0.2) is 48.5 Å². The second kappa shape index (κ2) is 8.55. The largest absolute Gasteiger partial charge is 0.492 e. The molecule has 0 aliphatic rings. The van der Waals surface area contributed by atoms with Gasteiger partial charge in [0, 0.05) is 10.6 Å². The minimum Gasteiger partial charge on any atom is -0.492 e. The summed E-state index contributed by atoms with van der Waals surface area (Å²) < 4.78 is 5.51. The summed E-state index contributed by atoms with van der Waals surface area (Å²) in [5.41, 5.74) is 1.44. The fourth-order valence-electron chi connectivity index (χ4n) is 2.47. The zero-order valence-corrected chi connectivity index (χ0v) is 15.7. The molecule has 0 bridgehead atoms. The molecule has 1 unspecified atom stereocenters. The molecule has 8 heteroatoms. The van der Waals surface area contributed by atoms with E-state index in [-0.39, 0.29) is 12.1 Å². The monoisotopic (exact) mass is 385 g/mol. The normalized spacial score (nSPS) is 11.7. The number of benzene rings is 2. The molecule has 3 rings (SSSR count). The maximum absolute atomic E-state index is 12.3. The Balaban J connectivity index is 1.64. The van der Waals surface area contributed by atoms with E-state index in [1.807, 2.05) is 38.1 Å². The predicted octanol–water partition coefficient (Wildman–Crippen LogP) is 4.41. The van der Waals surface area contributed by atoms with Gasteiger partial charge in [0.2, 0.25) is 0 Å². The van der Waals surface area contributed by atoms with Crippen LogP contribution in [0.1, 0.15) is 25.7 Å². The van der Waals surface area contributed by atoms with Gasteiger partial charge in [-0.1, -0.05) is 23.7 Å². The van der Waals surface area contributed by atoms with Crippen molar-refractivity contribution >= 4 is 23.3 Å². The van der Waals surface area contributed by atoms with Gasteiger partial charge >= 0.3 is 6.03 Å². The molecule has 0 aliphatic heterocycles. The van der Waals surface area contributed by atoms with Crippen LogP contribution in [0.25, 0.3) is 11.4 Å². The Morgan fingerprint density at radius 3 is 2.70 bits per heavy atom. The number of halogens is 1. The van der Waals surface area contributed by atoms with Crippen molar-refractivity contribution in [2.45, 2.75) is 19.9 Å². The summed E-state index contributed by atoms with van der Waals surface area (Å²) in [4.78, 5) is 16.8. The minimum absolute atomic E-state index is 0.362. The molecule has 27 heavy (non-hydrogen) atoms. The minimum atomic E-state index is -0.363. The van der Waals surface area contributed by atoms with Crippen LogP contribution >= 0.6 is 11.6 Å². The SMILES string of the molecule is CCOc1ccccc1NC(=O)NC(C)c1nc(-c2ccc(Cl)cc2)n[nH]1. The highest BCUT2D eigenvalue weighted by atomic mass is 35.5. The topological polar surface area (TPSA) is 91.9 Å². The van der Waals surface area contributed by atoms with Crippen LogP contribution in [0.3, 0.4) is 0 Å². The summed E-state index contributed by atoms with van der Waals surface area (Å²) in [6, 6.07) is 13.8. The molecule has 7 nitrogen and oxygen atoms in total. The summed E-state index contributed by atoms with van der Waals surface area (Å²) in [6.45, 7) is 4.23. The number of amides is 2. The van der Waals surface area contributed by atoms with E-state index in [2.05, 4.69) is 25.8 Å². The van der Waals surface area contributed by atoms with Crippen LogP contribution in [0.4, 0.5) is 10.5 Å². The van der Waals surface area contributed by atoms with Crippen molar-refractivity contribution in [3.63, 3.8) is 0 Å². The zero-order chi connectivity index (χ0) is 19.2. The highest BCUT2D eigenvalue weighted by molar-refractivity contribution is 6.30. The van der Waals surface area contributed by atoms with E-state index in [0.717, 1.165) is 5.56 Å². The molecule has 0 radical (unpaired) electrons. The number of carbonyl (C=O) groups is 1. The van der Waals surface area contributed by atoms with Gasteiger partial charge in [-0.05, 0) is 50.2 Å². The third-order valence-corrected chi connectivity index (χ3v) is 4.05. The molecule has 3 aromatic rings. The summed E-state index contributed by atoms with van der Waals surface area (Å²) >= 11 is 5.90. The standard InChI is InChI=1S/C19H20ClN5O2/c1-3-27-16-7-5-4-6-15(16)22-19(26)21-12(2)17-23-18(25-24-17)13-8-10-14(20)11-9-13/h4-12H,3H2,1-2H3,(H2,21,22,26)(H,23,24,25). The second-order valence-corrected chi connectivity index (χ2v) is 6.24. The first-order valence-electron chi connectivity index (χ1n) is 8.54. The quantitative estimate of drug-likeness (QED) is 0.586. The maximum atomic E-state index is 12.3. The number of anilines is 1. The number of rotatable bonds is 6. The lowest BCUT2D eigenvalue weighted by molar-refractivity contribution is 0.248. The average Bonchev–Trinajstić information content (AvgIpc) is 3.14. The molecule has 140 valence electrons. The van der Waals surface area contributed by atoms with Crippen molar-refractivity contribution in [3.05, 3.63) is 59.4 Å². The summed E-state index contributed by atoms with van der Waals surface area (Å²) in [5.74, 6) is 1.71. The highest BCUT2D eigenvalue weighted by Crippen LogP contribution is 2.24. The Bertz CT molecular complexity index is 910. The van der Waals surface area contributed by atoms with Crippen LogP contribution < -0.4 is 15.4 Å². The van der Waals surface area contributed by atoms with E-state index in [1.54, 1.807) is 24.3 Å². The number of nitrogens with one attached hydrogen (secondary N) is 3. The molecule has 0 saturated carbocycles. The van der Waals surface area contributed by atoms with Gasteiger partial charge in [-0.3, -0.25) is 5.10 Å². The Hall–Kier alpha value is -3.06. The van der Waals surface area contributed by atoms with Crippen LogP contribution in [0.2, 0.25) is 5.02 Å². The van der Waals surface area contributed by atoms with E-state index in [9.17, 15) is 4.79 Å². The van der Waals surface area contributed by atoms with Crippen molar-refractivity contribution in [2.75, 3.05) is 11.9 Å². The van der Waals surface area contributed by atoms with Gasteiger partial charge in [-0.15, -0.1) is 0 Å². The van der Waals surface area contributed by atoms with Crippen molar-refractivity contribution < 1.29 is 9.53 Å². The number of aromatic amines is 1. The van der Waals surface area contributed by atoms with Gasteiger partial charge in [-0.2, -0.15) is 5.10 Å². The number of nitrogens with zero attached hydrogens (tertiary/aromatic N) is 2. The fourth-order valence-corrected chi connectivity index (χ4v) is 2.60. The number of H-pyrrole nitrogens is 1. The fraction of sp³-hybridized carbons (Fsp3) is 0.211. The highest BCUT2D eigenvalue weighted by Gasteiger charge is 2.15. The van der Waals surface area contributed by atoms with Gasteiger partial charge in [0.1, 0.15) is 11.6 Å². The number of urea groups is 1. The molecule has 0 fully saturated rings. The van der Waals surface area contributed by atoms with Crippen molar-refractivity contribution in [3.8, 4) is 17.1 Å². The Morgan fingerprint density at radius 2 is 1.96 bits per heavy atom. The van der Waals surface area contributed by atoms with Crippen LogP contribution in [0, 0.1) is 0 Å². The lowest BCUT2D eigenvalue weighted by Crippen LogP contribution is -2.31. The molecular formula is C19H20ClN5O2. The van der Waals surface area contributed by atoms with Crippen LogP contribution in [-0.4, -0.2) is 27.8 Å². The second-order valence-electron chi connectivity index (χ2n) is 5.80. The molecule has 2 aromatic carbocycles. The van der Waals surface area contributed by atoms with Crippen LogP contribution in [-0.2, 0) is 0 Å². The number of ether oxygens (including phenoxy) is 1. The van der Waals surface area contributed by atoms with Gasteiger partial charge in [0.05, 0.1) is 18.3 Å². The van der Waals surface area contributed by atoms with E-state index in [4.69, 9.17) is 16.3 Å². The summed E-state index contributed by atoms with van der Waals surface area (Å²) in [5, 5.41) is 13.3. The van der Waals surface area contributed by atoms with E-state index < -0.39 is 0 Å².